The summed E-state index contributed by atoms with van der Waals surface area (Å²) < 4.78 is 12.8. The van der Waals surface area contributed by atoms with Gasteiger partial charge >= 0.3 is 0 Å². The van der Waals surface area contributed by atoms with Gasteiger partial charge in [-0.05, 0) is 66.1 Å². The number of rotatable bonds is 9. The van der Waals surface area contributed by atoms with Crippen molar-refractivity contribution in [3.63, 3.8) is 0 Å². The highest BCUT2D eigenvalue weighted by Gasteiger charge is 2.12. The molecule has 0 aliphatic carbocycles. The van der Waals surface area contributed by atoms with Gasteiger partial charge in [0, 0.05) is 35.2 Å². The van der Waals surface area contributed by atoms with Crippen LogP contribution in [0.4, 0.5) is 0 Å². The van der Waals surface area contributed by atoms with Crippen molar-refractivity contribution >= 4 is 16.8 Å². The highest BCUT2D eigenvalue weighted by atomic mass is 16.5. The Morgan fingerprint density at radius 3 is 2.64 bits per heavy atom. The van der Waals surface area contributed by atoms with Gasteiger partial charge in [0.15, 0.2) is 0 Å². The van der Waals surface area contributed by atoms with E-state index < -0.39 is 0 Å². The van der Waals surface area contributed by atoms with Crippen molar-refractivity contribution in [2.45, 2.75) is 26.1 Å². The summed E-state index contributed by atoms with van der Waals surface area (Å²) in [7, 11) is 3.36. The first kappa shape index (κ1) is 22.4. The number of ether oxygens (including phenoxy) is 2. The second kappa shape index (κ2) is 9.79. The average Bonchev–Trinajstić information content (AvgIpc) is 3.23. The minimum Gasteiger partial charge on any atom is -0.497 e. The van der Waals surface area contributed by atoms with E-state index in [9.17, 15) is 4.79 Å². The SMILES string of the molecule is COc1cccc(C(C)NCc2ccc(OC)c(-c3ccc4c(ccn4CC(N)=O)c3)c2)c1. The Hall–Kier alpha value is -3.77. The normalized spacial score (nSPS) is 12.0. The molecule has 6 heteroatoms. The molecule has 0 saturated heterocycles. The molecule has 4 rings (SSSR count). The number of carbonyl (C=O) groups excluding carboxylic acids is 1. The summed E-state index contributed by atoms with van der Waals surface area (Å²) in [4.78, 5) is 11.3. The van der Waals surface area contributed by atoms with E-state index in [0.717, 1.165) is 39.1 Å². The monoisotopic (exact) mass is 443 g/mol. The third kappa shape index (κ3) is 5.02. The Morgan fingerprint density at radius 1 is 1.03 bits per heavy atom. The lowest BCUT2D eigenvalue weighted by molar-refractivity contribution is -0.118. The number of nitrogens with one attached hydrogen (secondary N) is 1. The van der Waals surface area contributed by atoms with Crippen molar-refractivity contribution < 1.29 is 14.3 Å². The van der Waals surface area contributed by atoms with E-state index in [4.69, 9.17) is 15.2 Å². The van der Waals surface area contributed by atoms with Crippen molar-refractivity contribution in [2.75, 3.05) is 14.2 Å². The summed E-state index contributed by atoms with van der Waals surface area (Å²) in [5, 5.41) is 4.64. The lowest BCUT2D eigenvalue weighted by Crippen LogP contribution is -2.18. The third-order valence-electron chi connectivity index (χ3n) is 5.88. The molecule has 6 nitrogen and oxygen atoms in total. The summed E-state index contributed by atoms with van der Waals surface area (Å²) in [5.41, 5.74) is 10.7. The minimum atomic E-state index is -0.360. The van der Waals surface area contributed by atoms with Gasteiger partial charge in [-0.3, -0.25) is 4.79 Å². The van der Waals surface area contributed by atoms with E-state index >= 15 is 0 Å². The van der Waals surface area contributed by atoms with Gasteiger partial charge in [0.1, 0.15) is 18.0 Å². The second-order valence-electron chi connectivity index (χ2n) is 8.10. The molecule has 0 bridgehead atoms. The molecule has 33 heavy (non-hydrogen) atoms. The van der Waals surface area contributed by atoms with E-state index in [1.165, 1.54) is 5.56 Å². The second-order valence-corrected chi connectivity index (χ2v) is 8.10. The number of methoxy groups -OCH3 is 2. The fourth-order valence-electron chi connectivity index (χ4n) is 4.06. The van der Waals surface area contributed by atoms with Crippen LogP contribution in [0.25, 0.3) is 22.0 Å². The third-order valence-corrected chi connectivity index (χ3v) is 5.88. The van der Waals surface area contributed by atoms with Crippen LogP contribution in [0.1, 0.15) is 24.1 Å². The molecule has 3 N–H and O–H groups in total. The van der Waals surface area contributed by atoms with Gasteiger partial charge < -0.3 is 25.1 Å². The molecule has 4 aromatic rings. The zero-order valence-corrected chi connectivity index (χ0v) is 19.2. The number of aromatic nitrogens is 1. The van der Waals surface area contributed by atoms with Crippen LogP contribution in [0.5, 0.6) is 11.5 Å². The molecule has 0 radical (unpaired) electrons. The van der Waals surface area contributed by atoms with Crippen LogP contribution < -0.4 is 20.5 Å². The number of nitrogens with two attached hydrogens (primary N) is 1. The lowest BCUT2D eigenvalue weighted by atomic mass is 10.00. The molecular weight excluding hydrogens is 414 g/mol. The average molecular weight is 444 g/mol. The van der Waals surface area contributed by atoms with Crippen LogP contribution in [0.15, 0.2) is 72.9 Å². The Morgan fingerprint density at radius 2 is 1.88 bits per heavy atom. The number of benzene rings is 3. The summed E-state index contributed by atoms with van der Waals surface area (Å²) in [6.45, 7) is 3.02. The van der Waals surface area contributed by atoms with Gasteiger partial charge in [-0.15, -0.1) is 0 Å². The molecule has 1 atom stereocenters. The highest BCUT2D eigenvalue weighted by Crippen LogP contribution is 2.33. The zero-order valence-electron chi connectivity index (χ0n) is 19.2. The van der Waals surface area contributed by atoms with Crippen molar-refractivity contribution in [1.29, 1.82) is 0 Å². The number of nitrogens with zero attached hydrogens (tertiary/aromatic N) is 1. The maximum absolute atomic E-state index is 11.3. The first-order chi connectivity index (χ1) is 16.0. The molecule has 0 saturated carbocycles. The van der Waals surface area contributed by atoms with E-state index in [0.29, 0.717) is 6.54 Å². The van der Waals surface area contributed by atoms with Crippen molar-refractivity contribution in [3.05, 3.63) is 84.1 Å². The molecule has 1 aromatic heterocycles. The zero-order chi connectivity index (χ0) is 23.4. The fourth-order valence-corrected chi connectivity index (χ4v) is 4.06. The predicted octanol–water partition coefficient (Wildman–Crippen LogP) is 4.66. The molecule has 0 spiro atoms. The van der Waals surface area contributed by atoms with Crippen LogP contribution in [0, 0.1) is 0 Å². The quantitative estimate of drug-likeness (QED) is 0.394. The van der Waals surface area contributed by atoms with Crippen LogP contribution in [-0.4, -0.2) is 24.7 Å². The van der Waals surface area contributed by atoms with Crippen LogP contribution in [0.3, 0.4) is 0 Å². The Kier molecular flexibility index (Phi) is 6.66. The van der Waals surface area contributed by atoms with Gasteiger partial charge in [0.05, 0.1) is 14.2 Å². The van der Waals surface area contributed by atoms with Gasteiger partial charge in [-0.2, -0.15) is 0 Å². The molecular formula is C27H29N3O3. The van der Waals surface area contributed by atoms with Crippen LogP contribution in [-0.2, 0) is 17.9 Å². The topological polar surface area (TPSA) is 78.5 Å². The summed E-state index contributed by atoms with van der Waals surface area (Å²) >= 11 is 0. The maximum Gasteiger partial charge on any atom is 0.237 e. The molecule has 1 amide bonds. The number of amides is 1. The standard InChI is InChI=1S/C27H29N3O3/c1-18(20-5-4-6-23(15-20)32-2)29-16-19-7-10-26(33-3)24(13-19)21-8-9-25-22(14-21)11-12-30(25)17-27(28)31/h4-15,18,29H,16-17H2,1-3H3,(H2,28,31). The smallest absolute Gasteiger partial charge is 0.237 e. The van der Waals surface area contributed by atoms with Gasteiger partial charge in [0.2, 0.25) is 5.91 Å². The summed E-state index contributed by atoms with van der Waals surface area (Å²) in [6, 6.07) is 22.7. The number of carbonyl (C=O) groups is 1. The van der Waals surface area contributed by atoms with E-state index in [-0.39, 0.29) is 18.5 Å². The molecule has 170 valence electrons. The number of hydrogen-bond acceptors (Lipinski definition) is 4. The van der Waals surface area contributed by atoms with E-state index in [2.05, 4.69) is 42.6 Å². The number of hydrogen-bond donors (Lipinski definition) is 2. The first-order valence-corrected chi connectivity index (χ1v) is 10.9. The molecule has 3 aromatic carbocycles. The first-order valence-electron chi connectivity index (χ1n) is 10.9. The maximum atomic E-state index is 11.3. The largest absolute Gasteiger partial charge is 0.497 e. The van der Waals surface area contributed by atoms with E-state index in [1.54, 1.807) is 14.2 Å². The van der Waals surface area contributed by atoms with E-state index in [1.807, 2.05) is 47.2 Å². The summed E-state index contributed by atoms with van der Waals surface area (Å²) in [6.07, 6.45) is 1.89. The predicted molar refractivity (Wildman–Crippen MR) is 131 cm³/mol. The van der Waals surface area contributed by atoms with Crippen molar-refractivity contribution in [1.82, 2.24) is 9.88 Å². The molecule has 1 heterocycles. The van der Waals surface area contributed by atoms with Gasteiger partial charge in [0.25, 0.3) is 0 Å². The molecule has 0 aliphatic rings. The van der Waals surface area contributed by atoms with Crippen LogP contribution in [0.2, 0.25) is 0 Å². The number of fused-ring (bicyclic) bond motifs is 1. The molecule has 1 unspecified atom stereocenters. The van der Waals surface area contributed by atoms with Crippen LogP contribution >= 0.6 is 0 Å². The van der Waals surface area contributed by atoms with Gasteiger partial charge in [-0.1, -0.05) is 24.3 Å². The highest BCUT2D eigenvalue weighted by molar-refractivity contribution is 5.88. The van der Waals surface area contributed by atoms with Crippen molar-refractivity contribution in [3.8, 4) is 22.6 Å². The number of primary amides is 1. The molecule has 0 fully saturated rings. The van der Waals surface area contributed by atoms with Gasteiger partial charge in [-0.25, -0.2) is 0 Å². The lowest BCUT2D eigenvalue weighted by Gasteiger charge is -2.17. The summed E-state index contributed by atoms with van der Waals surface area (Å²) in [5.74, 6) is 1.31. The Labute approximate surface area is 193 Å². The minimum absolute atomic E-state index is 0.165. The molecule has 0 aliphatic heterocycles. The Bertz CT molecular complexity index is 1280. The van der Waals surface area contributed by atoms with Crippen molar-refractivity contribution in [2.24, 2.45) is 5.73 Å². The Balaban J connectivity index is 1.57. The fraction of sp³-hybridized carbons (Fsp3) is 0.222.